The largest absolute Gasteiger partial charge is 0.493 e. The molecule has 0 radical (unpaired) electrons. The Kier molecular flexibility index (Phi) is 7.68. The predicted octanol–water partition coefficient (Wildman–Crippen LogP) is 4.47. The lowest BCUT2D eigenvalue weighted by atomic mass is 9.90. The Morgan fingerprint density at radius 1 is 1.07 bits per heavy atom. The summed E-state index contributed by atoms with van der Waals surface area (Å²) in [7, 11) is 0. The monoisotopic (exact) mass is 413 g/mol. The van der Waals surface area contributed by atoms with Gasteiger partial charge >= 0.3 is 12.1 Å². The standard InChI is InChI=1S/C23H27NO6/c1-3-27-21(25)12-17-15-29-20-11-10-18(13-19(20)22(17)28-4-2)24-23(26)30-14-16-8-6-5-7-9-16/h5-11,13,17,22H,3-4,12,14-15H2,1-2H3,(H,24,26). The summed E-state index contributed by atoms with van der Waals surface area (Å²) in [5, 5.41) is 2.74. The zero-order chi connectivity index (χ0) is 21.3. The summed E-state index contributed by atoms with van der Waals surface area (Å²) in [5.41, 5.74) is 2.26. The molecule has 2 unspecified atom stereocenters. The van der Waals surface area contributed by atoms with Crippen LogP contribution >= 0.6 is 0 Å². The Morgan fingerprint density at radius 3 is 2.60 bits per heavy atom. The maximum Gasteiger partial charge on any atom is 0.411 e. The van der Waals surface area contributed by atoms with Crippen LogP contribution in [0.15, 0.2) is 48.5 Å². The summed E-state index contributed by atoms with van der Waals surface area (Å²) in [5.74, 6) is 0.228. The lowest BCUT2D eigenvalue weighted by molar-refractivity contribution is -0.146. The number of anilines is 1. The van der Waals surface area contributed by atoms with Crippen LogP contribution in [0.1, 0.15) is 37.5 Å². The van der Waals surface area contributed by atoms with Gasteiger partial charge in [0.15, 0.2) is 0 Å². The van der Waals surface area contributed by atoms with Gasteiger partial charge in [-0.05, 0) is 37.6 Å². The number of benzene rings is 2. The van der Waals surface area contributed by atoms with E-state index in [9.17, 15) is 9.59 Å². The van der Waals surface area contributed by atoms with Crippen molar-refractivity contribution in [1.29, 1.82) is 0 Å². The van der Waals surface area contributed by atoms with Gasteiger partial charge < -0.3 is 18.9 Å². The Bertz CT molecular complexity index is 854. The van der Waals surface area contributed by atoms with Crippen molar-refractivity contribution in [3.05, 3.63) is 59.7 Å². The van der Waals surface area contributed by atoms with Crippen LogP contribution in [0.25, 0.3) is 0 Å². The second-order valence-electron chi connectivity index (χ2n) is 6.90. The van der Waals surface area contributed by atoms with Gasteiger partial charge in [-0.2, -0.15) is 0 Å². The molecule has 160 valence electrons. The zero-order valence-electron chi connectivity index (χ0n) is 17.3. The van der Waals surface area contributed by atoms with Crippen LogP contribution in [0.5, 0.6) is 5.75 Å². The van der Waals surface area contributed by atoms with Crippen molar-refractivity contribution in [2.75, 3.05) is 25.1 Å². The Labute approximate surface area is 176 Å². The summed E-state index contributed by atoms with van der Waals surface area (Å²) in [6, 6.07) is 14.8. The first-order valence-corrected chi connectivity index (χ1v) is 10.1. The average Bonchev–Trinajstić information content (AvgIpc) is 2.75. The Morgan fingerprint density at radius 2 is 1.87 bits per heavy atom. The van der Waals surface area contributed by atoms with Crippen molar-refractivity contribution in [3.8, 4) is 5.75 Å². The maximum atomic E-state index is 12.2. The van der Waals surface area contributed by atoms with E-state index in [2.05, 4.69) is 5.32 Å². The second-order valence-corrected chi connectivity index (χ2v) is 6.90. The number of carbonyl (C=O) groups excluding carboxylic acids is 2. The summed E-state index contributed by atoms with van der Waals surface area (Å²) < 4.78 is 22.1. The molecule has 0 aromatic heterocycles. The summed E-state index contributed by atoms with van der Waals surface area (Å²) >= 11 is 0. The molecular formula is C23H27NO6. The number of hydrogen-bond donors (Lipinski definition) is 1. The molecule has 0 spiro atoms. The van der Waals surface area contributed by atoms with Crippen molar-refractivity contribution < 1.29 is 28.5 Å². The predicted molar refractivity (Wildman–Crippen MR) is 111 cm³/mol. The van der Waals surface area contributed by atoms with Gasteiger partial charge in [0.2, 0.25) is 0 Å². The van der Waals surface area contributed by atoms with Crippen LogP contribution < -0.4 is 10.1 Å². The molecule has 2 atom stereocenters. The molecule has 1 N–H and O–H groups in total. The van der Waals surface area contributed by atoms with E-state index >= 15 is 0 Å². The molecule has 3 rings (SSSR count). The molecule has 0 aliphatic carbocycles. The highest BCUT2D eigenvalue weighted by Gasteiger charge is 2.34. The summed E-state index contributed by atoms with van der Waals surface area (Å²) in [6.45, 7) is 5.05. The van der Waals surface area contributed by atoms with Crippen molar-refractivity contribution in [1.82, 2.24) is 0 Å². The number of carbonyl (C=O) groups is 2. The molecule has 1 aliphatic heterocycles. The van der Waals surface area contributed by atoms with Crippen molar-refractivity contribution in [3.63, 3.8) is 0 Å². The van der Waals surface area contributed by atoms with Gasteiger partial charge in [0.1, 0.15) is 12.4 Å². The molecule has 0 bridgehead atoms. The van der Waals surface area contributed by atoms with Crippen LogP contribution in [-0.2, 0) is 25.6 Å². The molecular weight excluding hydrogens is 386 g/mol. The lowest BCUT2D eigenvalue weighted by Crippen LogP contribution is -2.30. The molecule has 2 aromatic carbocycles. The molecule has 2 aromatic rings. The van der Waals surface area contributed by atoms with Gasteiger partial charge in [-0.25, -0.2) is 4.79 Å². The van der Waals surface area contributed by atoms with E-state index in [1.165, 1.54) is 0 Å². The average molecular weight is 413 g/mol. The minimum atomic E-state index is -0.549. The van der Waals surface area contributed by atoms with Gasteiger partial charge in [0.05, 0.1) is 25.7 Å². The number of fused-ring (bicyclic) bond motifs is 1. The van der Waals surface area contributed by atoms with E-state index in [1.807, 2.05) is 37.3 Å². The first kappa shape index (κ1) is 21.6. The number of rotatable bonds is 8. The third kappa shape index (κ3) is 5.73. The number of nitrogens with one attached hydrogen (secondary N) is 1. The molecule has 0 saturated heterocycles. The highest BCUT2D eigenvalue weighted by Crippen LogP contribution is 2.40. The molecule has 0 fully saturated rings. The van der Waals surface area contributed by atoms with Gasteiger partial charge in [0.25, 0.3) is 0 Å². The first-order valence-electron chi connectivity index (χ1n) is 10.1. The fourth-order valence-corrected chi connectivity index (χ4v) is 3.40. The summed E-state index contributed by atoms with van der Waals surface area (Å²) in [6.07, 6.45) is -0.675. The van der Waals surface area contributed by atoms with Crippen molar-refractivity contribution >= 4 is 17.7 Å². The van der Waals surface area contributed by atoms with Gasteiger partial charge in [-0.1, -0.05) is 30.3 Å². The van der Waals surface area contributed by atoms with Gasteiger partial charge in [-0.15, -0.1) is 0 Å². The fraction of sp³-hybridized carbons (Fsp3) is 0.391. The molecule has 1 amide bonds. The van der Waals surface area contributed by atoms with Crippen molar-refractivity contribution in [2.24, 2.45) is 5.92 Å². The quantitative estimate of drug-likeness (QED) is 0.643. The maximum absolute atomic E-state index is 12.2. The topological polar surface area (TPSA) is 83.1 Å². The summed E-state index contributed by atoms with van der Waals surface area (Å²) in [4.78, 5) is 24.2. The number of ether oxygens (including phenoxy) is 4. The van der Waals surface area contributed by atoms with E-state index in [1.54, 1.807) is 25.1 Å². The third-order valence-corrected chi connectivity index (χ3v) is 4.74. The molecule has 30 heavy (non-hydrogen) atoms. The minimum Gasteiger partial charge on any atom is -0.493 e. The van der Waals surface area contributed by atoms with Crippen LogP contribution in [0, 0.1) is 5.92 Å². The van der Waals surface area contributed by atoms with Crippen LogP contribution in [0.3, 0.4) is 0 Å². The zero-order valence-corrected chi connectivity index (χ0v) is 17.3. The second kappa shape index (κ2) is 10.6. The number of hydrogen-bond acceptors (Lipinski definition) is 6. The first-order chi connectivity index (χ1) is 14.6. The number of amides is 1. The molecule has 7 nitrogen and oxygen atoms in total. The van der Waals surface area contributed by atoms with Crippen LogP contribution in [0.2, 0.25) is 0 Å². The lowest BCUT2D eigenvalue weighted by Gasteiger charge is -2.33. The highest BCUT2D eigenvalue weighted by molar-refractivity contribution is 5.85. The highest BCUT2D eigenvalue weighted by atomic mass is 16.5. The Balaban J connectivity index is 1.68. The molecule has 7 heteroatoms. The van der Waals surface area contributed by atoms with E-state index in [0.29, 0.717) is 31.3 Å². The van der Waals surface area contributed by atoms with Gasteiger partial charge in [-0.3, -0.25) is 10.1 Å². The molecule has 0 saturated carbocycles. The van der Waals surface area contributed by atoms with E-state index in [-0.39, 0.29) is 31.0 Å². The van der Waals surface area contributed by atoms with E-state index in [0.717, 1.165) is 11.1 Å². The Hall–Kier alpha value is -3.06. The minimum absolute atomic E-state index is 0.170. The van der Waals surface area contributed by atoms with E-state index in [4.69, 9.17) is 18.9 Å². The smallest absolute Gasteiger partial charge is 0.411 e. The normalized spacial score (nSPS) is 17.4. The molecule has 1 aliphatic rings. The fourth-order valence-electron chi connectivity index (χ4n) is 3.40. The molecule has 1 heterocycles. The van der Waals surface area contributed by atoms with Crippen LogP contribution in [-0.4, -0.2) is 31.9 Å². The third-order valence-electron chi connectivity index (χ3n) is 4.74. The van der Waals surface area contributed by atoms with Crippen LogP contribution in [0.4, 0.5) is 10.5 Å². The number of esters is 1. The van der Waals surface area contributed by atoms with Crippen molar-refractivity contribution in [2.45, 2.75) is 33.0 Å². The van der Waals surface area contributed by atoms with E-state index < -0.39 is 6.09 Å². The SMILES string of the molecule is CCOC(=O)CC1COc2ccc(NC(=O)OCc3ccccc3)cc2C1OCC. The van der Waals surface area contributed by atoms with Gasteiger partial charge in [0, 0.05) is 23.8 Å².